The third-order valence-corrected chi connectivity index (χ3v) is 9.80. The van der Waals surface area contributed by atoms with Crippen molar-refractivity contribution in [3.63, 3.8) is 0 Å². The van der Waals surface area contributed by atoms with Crippen LogP contribution in [-0.4, -0.2) is 116 Å². The quantitative estimate of drug-likeness (QED) is 0.192. The number of rotatable bonds is 13. The highest BCUT2D eigenvalue weighted by Crippen LogP contribution is 2.32. The molecule has 0 radical (unpaired) electrons. The van der Waals surface area contributed by atoms with Gasteiger partial charge >= 0.3 is 0 Å². The van der Waals surface area contributed by atoms with E-state index < -0.39 is 24.8 Å². The molecule has 0 spiro atoms. The van der Waals surface area contributed by atoms with Gasteiger partial charge in [-0.25, -0.2) is 0 Å². The largest absolute Gasteiger partial charge is 0.388 e. The zero-order valence-corrected chi connectivity index (χ0v) is 33.1. The molecule has 10 unspecified atom stereocenters. The molecule has 2 aromatic rings. The van der Waals surface area contributed by atoms with Crippen molar-refractivity contribution in [2.75, 3.05) is 89.0 Å². The molecular formula is C36H65N5O6S2. The zero-order chi connectivity index (χ0) is 34.7. The number of benzene rings is 2. The first-order valence-electron chi connectivity index (χ1n) is 16.8. The number of nitrogens with one attached hydrogen (secondary N) is 3. The second-order valence-electron chi connectivity index (χ2n) is 13.4. The van der Waals surface area contributed by atoms with Crippen LogP contribution in [-0.2, 0) is 18.9 Å². The molecule has 2 saturated heterocycles. The second-order valence-corrected chi connectivity index (χ2v) is 13.4. The summed E-state index contributed by atoms with van der Waals surface area (Å²) >= 11 is 0. The van der Waals surface area contributed by atoms with Crippen LogP contribution >= 0.6 is 27.0 Å². The molecule has 0 saturated carbocycles. The lowest BCUT2D eigenvalue weighted by Gasteiger charge is -2.42. The maximum absolute atomic E-state index is 10.1. The fourth-order valence-electron chi connectivity index (χ4n) is 5.92. The molecule has 4 rings (SSSR count). The van der Waals surface area contributed by atoms with Crippen molar-refractivity contribution in [2.45, 2.75) is 64.7 Å². The van der Waals surface area contributed by atoms with E-state index in [1.165, 1.54) is 11.4 Å². The molecule has 10 atom stereocenters. The van der Waals surface area contributed by atoms with Crippen molar-refractivity contribution >= 4 is 49.7 Å². The number of hydrogen-bond acceptors (Lipinski definition) is 11. The molecule has 0 aliphatic carbocycles. The van der Waals surface area contributed by atoms with Crippen molar-refractivity contribution in [3.05, 3.63) is 48.5 Å². The lowest BCUT2D eigenvalue weighted by atomic mass is 9.83. The highest BCUT2D eigenvalue weighted by molar-refractivity contribution is 7.59. The van der Waals surface area contributed by atoms with Gasteiger partial charge in [-0.15, -0.1) is 0 Å². The van der Waals surface area contributed by atoms with Crippen molar-refractivity contribution < 1.29 is 29.2 Å². The monoisotopic (exact) mass is 727 g/mol. The minimum Gasteiger partial charge on any atom is -0.388 e. The third-order valence-electron chi connectivity index (χ3n) is 9.80. The van der Waals surface area contributed by atoms with E-state index >= 15 is 0 Å². The van der Waals surface area contributed by atoms with Crippen LogP contribution in [0.3, 0.4) is 0 Å². The number of aliphatic hydroxyl groups is 2. The SMILES string of the molecule is COC1OC(CNCCNc2ccc(N(C)C)cc2)C(C)C(C)C1O.COC1OC(CNc2ccc(N(C)C)cc2)C(C)C(C)C1O.S.S. The first kappa shape index (κ1) is 45.1. The number of aliphatic hydroxyl groups excluding tert-OH is 2. The molecule has 49 heavy (non-hydrogen) atoms. The Balaban J connectivity index is 0.000000474. The van der Waals surface area contributed by atoms with Crippen LogP contribution in [0.4, 0.5) is 22.7 Å². The Bertz CT molecular complexity index is 1160. The highest BCUT2D eigenvalue weighted by atomic mass is 32.1. The fraction of sp³-hybridized carbons (Fsp3) is 0.667. The van der Waals surface area contributed by atoms with Crippen molar-refractivity contribution in [1.29, 1.82) is 0 Å². The van der Waals surface area contributed by atoms with Gasteiger partial charge in [0.25, 0.3) is 0 Å². The van der Waals surface area contributed by atoms with E-state index in [4.69, 9.17) is 18.9 Å². The molecule has 2 aromatic carbocycles. The minimum atomic E-state index is -0.573. The lowest BCUT2D eigenvalue weighted by molar-refractivity contribution is -0.259. The topological polar surface area (TPSA) is 120 Å². The minimum absolute atomic E-state index is 0. The number of methoxy groups -OCH3 is 2. The van der Waals surface area contributed by atoms with E-state index in [0.717, 1.165) is 31.0 Å². The van der Waals surface area contributed by atoms with Crippen LogP contribution in [0.1, 0.15) is 27.7 Å². The Morgan fingerprint density at radius 1 is 0.592 bits per heavy atom. The Labute approximate surface area is 309 Å². The number of anilines is 4. The Hall–Kier alpha value is -1.94. The number of hydrogen-bond donors (Lipinski definition) is 5. The van der Waals surface area contributed by atoms with Crippen LogP contribution in [0, 0.1) is 23.7 Å². The molecule has 2 fully saturated rings. The van der Waals surface area contributed by atoms with Gasteiger partial charge in [0.15, 0.2) is 12.6 Å². The van der Waals surface area contributed by atoms with Gasteiger partial charge in [-0.3, -0.25) is 0 Å². The average Bonchev–Trinajstić information content (AvgIpc) is 3.07. The van der Waals surface area contributed by atoms with Crippen LogP contribution in [0.5, 0.6) is 0 Å². The van der Waals surface area contributed by atoms with E-state index in [1.807, 2.05) is 35.1 Å². The maximum Gasteiger partial charge on any atom is 0.183 e. The van der Waals surface area contributed by atoms with Gasteiger partial charge in [-0.2, -0.15) is 27.0 Å². The molecule has 13 heteroatoms. The average molecular weight is 728 g/mol. The summed E-state index contributed by atoms with van der Waals surface area (Å²) in [5.41, 5.74) is 4.54. The standard InChI is InChI=1S/C19H33N3O3.C17H28N2O3.2H2S/c1-13-14(2)18(23)19(24-5)25-17(13)12-20-10-11-21-15-6-8-16(9-7-15)22(3)4;1-11-12(2)16(20)17(21-5)22-15(11)10-18-13-6-8-14(9-7-13)19(3)4;;/h6-9,13-14,17-21,23H,10-12H2,1-5H3;6-9,11-12,15-18,20H,10H2,1-5H3;2*1H2. The summed E-state index contributed by atoms with van der Waals surface area (Å²) in [4.78, 5) is 4.16. The molecule has 2 heterocycles. The van der Waals surface area contributed by atoms with Crippen molar-refractivity contribution in [3.8, 4) is 0 Å². The molecule has 282 valence electrons. The first-order valence-corrected chi connectivity index (χ1v) is 16.8. The second kappa shape index (κ2) is 22.1. The van der Waals surface area contributed by atoms with Gasteiger partial charge in [-0.05, 0) is 72.2 Å². The smallest absolute Gasteiger partial charge is 0.183 e. The van der Waals surface area contributed by atoms with E-state index in [0.29, 0.717) is 6.54 Å². The van der Waals surface area contributed by atoms with Crippen molar-refractivity contribution in [2.24, 2.45) is 23.7 Å². The van der Waals surface area contributed by atoms with Gasteiger partial charge in [0.1, 0.15) is 12.2 Å². The van der Waals surface area contributed by atoms with Gasteiger partial charge in [-0.1, -0.05) is 27.7 Å². The zero-order valence-electron chi connectivity index (χ0n) is 31.1. The first-order chi connectivity index (χ1) is 22.4. The maximum atomic E-state index is 10.1. The molecule has 0 aromatic heterocycles. The molecule has 11 nitrogen and oxygen atoms in total. The summed E-state index contributed by atoms with van der Waals surface area (Å²) in [5.74, 6) is 0.829. The normalized spacial score (nSPS) is 29.3. The van der Waals surface area contributed by atoms with E-state index in [1.54, 1.807) is 14.2 Å². The van der Waals surface area contributed by atoms with Crippen LogP contribution in [0.2, 0.25) is 0 Å². The Morgan fingerprint density at radius 2 is 0.980 bits per heavy atom. The van der Waals surface area contributed by atoms with Crippen LogP contribution < -0.4 is 25.8 Å². The summed E-state index contributed by atoms with van der Waals surface area (Å²) in [7, 11) is 11.3. The summed E-state index contributed by atoms with van der Waals surface area (Å²) in [6.07, 6.45) is -2.17. The van der Waals surface area contributed by atoms with E-state index in [9.17, 15) is 10.2 Å². The van der Waals surface area contributed by atoms with Gasteiger partial charge in [0, 0.05) is 91.3 Å². The summed E-state index contributed by atoms with van der Waals surface area (Å²) in [5, 5.41) is 30.5. The predicted octanol–water partition coefficient (Wildman–Crippen LogP) is 4.15. The highest BCUT2D eigenvalue weighted by Gasteiger charge is 2.41. The van der Waals surface area contributed by atoms with Gasteiger partial charge < -0.3 is 54.9 Å². The summed E-state index contributed by atoms with van der Waals surface area (Å²) < 4.78 is 22.2. The molecule has 2 aliphatic heterocycles. The van der Waals surface area contributed by atoms with Gasteiger partial charge in [0.05, 0.1) is 12.2 Å². The number of ether oxygens (including phenoxy) is 4. The third kappa shape index (κ3) is 13.0. The summed E-state index contributed by atoms with van der Waals surface area (Å²) in [6, 6.07) is 16.7. The summed E-state index contributed by atoms with van der Waals surface area (Å²) in [6.45, 7) is 11.5. The van der Waals surface area contributed by atoms with Gasteiger partial charge in [0.2, 0.25) is 0 Å². The molecule has 0 amide bonds. The van der Waals surface area contributed by atoms with E-state index in [-0.39, 0.29) is 62.9 Å². The number of nitrogens with zero attached hydrogens (tertiary/aromatic N) is 2. The van der Waals surface area contributed by atoms with Crippen LogP contribution in [0.15, 0.2) is 48.5 Å². The van der Waals surface area contributed by atoms with Crippen LogP contribution in [0.25, 0.3) is 0 Å². The Kier molecular flexibility index (Phi) is 20.3. The predicted molar refractivity (Wildman–Crippen MR) is 212 cm³/mol. The fourth-order valence-corrected chi connectivity index (χ4v) is 5.92. The molecule has 5 N–H and O–H groups in total. The van der Waals surface area contributed by atoms with E-state index in [2.05, 4.69) is 95.1 Å². The molecule has 0 bridgehead atoms. The molecular weight excluding hydrogens is 663 g/mol. The lowest BCUT2D eigenvalue weighted by Crippen LogP contribution is -2.53. The van der Waals surface area contributed by atoms with Crippen molar-refractivity contribution in [1.82, 2.24) is 5.32 Å². The molecule has 2 aliphatic rings. The Morgan fingerprint density at radius 3 is 1.37 bits per heavy atom.